The number of hydrogen-bond donors (Lipinski definition) is 8. The maximum absolute atomic E-state index is 12.8. The number of para-hydroxylation sites is 1. The van der Waals surface area contributed by atoms with E-state index in [-0.39, 0.29) is 18.3 Å². The summed E-state index contributed by atoms with van der Waals surface area (Å²) in [6.45, 7) is 3.64. The summed E-state index contributed by atoms with van der Waals surface area (Å²) >= 11 is 0. The third-order valence-electron chi connectivity index (χ3n) is 5.80. The zero-order valence-corrected chi connectivity index (χ0v) is 21.7. The molecule has 0 radical (unpaired) electrons. The van der Waals surface area contributed by atoms with Crippen LogP contribution in [-0.2, 0) is 25.6 Å². The zero-order valence-electron chi connectivity index (χ0n) is 21.7. The molecule has 208 valence electrons. The van der Waals surface area contributed by atoms with Gasteiger partial charge in [0.05, 0.1) is 12.6 Å². The Morgan fingerprint density at radius 3 is 2.42 bits per heavy atom. The quantitative estimate of drug-likeness (QED) is 0.0832. The molecule has 1 aromatic carbocycles. The van der Waals surface area contributed by atoms with Gasteiger partial charge in [0.25, 0.3) is 0 Å². The molecule has 1 heterocycles. The molecule has 0 bridgehead atoms. The number of guanidine groups is 1. The summed E-state index contributed by atoms with van der Waals surface area (Å²) in [7, 11) is 0. The zero-order chi connectivity index (χ0) is 28.2. The third kappa shape index (κ3) is 9.73. The summed E-state index contributed by atoms with van der Waals surface area (Å²) in [4.78, 5) is 56.5. The van der Waals surface area contributed by atoms with Gasteiger partial charge in [0, 0.05) is 30.1 Å². The van der Waals surface area contributed by atoms with Crippen LogP contribution in [0, 0.1) is 5.92 Å². The summed E-state index contributed by atoms with van der Waals surface area (Å²) in [5, 5.41) is 18.0. The standard InChI is InChI=1S/C25H38N8O5/c1-14(2)10-19(33-22(35)17(26)7-5-9-29-25(27)28)23(36)31-13-21(34)32-20(24(37)38)11-15-12-30-18-8-4-3-6-16(15)18/h3-4,6,8,12,14,17,19-20,30H,5,7,9-11,13,26H2,1-2H3,(H,31,36)(H,32,34)(H,33,35)(H,37,38)(H4,27,28,29). The number of aromatic nitrogens is 1. The number of fused-ring (bicyclic) bond motifs is 1. The van der Waals surface area contributed by atoms with Crippen LogP contribution in [0.5, 0.6) is 0 Å². The molecule has 0 aliphatic rings. The molecule has 2 aromatic rings. The maximum atomic E-state index is 12.8. The lowest BCUT2D eigenvalue weighted by Crippen LogP contribution is -2.54. The van der Waals surface area contributed by atoms with Gasteiger partial charge in [-0.15, -0.1) is 0 Å². The van der Waals surface area contributed by atoms with E-state index in [0.29, 0.717) is 25.8 Å². The minimum absolute atomic E-state index is 0.0478. The van der Waals surface area contributed by atoms with Gasteiger partial charge in [-0.1, -0.05) is 32.0 Å². The van der Waals surface area contributed by atoms with Crippen LogP contribution >= 0.6 is 0 Å². The van der Waals surface area contributed by atoms with E-state index in [2.05, 4.69) is 25.9 Å². The molecule has 0 saturated heterocycles. The molecule has 0 aliphatic carbocycles. The predicted octanol–water partition coefficient (Wildman–Crippen LogP) is -0.692. The average molecular weight is 531 g/mol. The number of benzene rings is 1. The van der Waals surface area contributed by atoms with Crippen LogP contribution in [0.15, 0.2) is 35.5 Å². The second-order valence-electron chi connectivity index (χ2n) is 9.49. The van der Waals surface area contributed by atoms with Crippen LogP contribution in [0.3, 0.4) is 0 Å². The van der Waals surface area contributed by atoms with E-state index in [9.17, 15) is 24.3 Å². The molecule has 0 spiro atoms. The molecule has 3 atom stereocenters. The molecular weight excluding hydrogens is 492 g/mol. The SMILES string of the molecule is CC(C)CC(NC(=O)C(N)CCCN=C(N)N)C(=O)NCC(=O)NC(Cc1c[nH]c2ccccc12)C(=O)O. The largest absolute Gasteiger partial charge is 0.480 e. The van der Waals surface area contributed by atoms with E-state index < -0.39 is 48.4 Å². The van der Waals surface area contributed by atoms with Gasteiger partial charge in [-0.3, -0.25) is 19.4 Å². The first-order valence-electron chi connectivity index (χ1n) is 12.4. The van der Waals surface area contributed by atoms with Crippen molar-refractivity contribution in [1.82, 2.24) is 20.9 Å². The molecular formula is C25H38N8O5. The van der Waals surface area contributed by atoms with E-state index in [4.69, 9.17) is 17.2 Å². The van der Waals surface area contributed by atoms with Crippen molar-refractivity contribution in [2.24, 2.45) is 28.1 Å². The molecule has 13 nitrogen and oxygen atoms in total. The van der Waals surface area contributed by atoms with Gasteiger partial charge in [-0.2, -0.15) is 0 Å². The number of carbonyl (C=O) groups excluding carboxylic acids is 3. The number of nitrogens with two attached hydrogens (primary N) is 3. The minimum atomic E-state index is -1.20. The van der Waals surface area contributed by atoms with Gasteiger partial charge in [-0.25, -0.2) is 4.79 Å². The van der Waals surface area contributed by atoms with E-state index in [1.165, 1.54) is 0 Å². The first-order valence-corrected chi connectivity index (χ1v) is 12.4. The van der Waals surface area contributed by atoms with E-state index >= 15 is 0 Å². The number of aliphatic carboxylic acids is 1. The normalized spacial score (nSPS) is 13.4. The number of nitrogens with one attached hydrogen (secondary N) is 4. The second kappa shape index (κ2) is 14.6. The van der Waals surface area contributed by atoms with E-state index in [1.807, 2.05) is 38.1 Å². The highest BCUT2D eigenvalue weighted by atomic mass is 16.4. The van der Waals surface area contributed by atoms with Crippen LogP contribution in [0.1, 0.15) is 38.7 Å². The summed E-state index contributed by atoms with van der Waals surface area (Å²) in [5.41, 5.74) is 18.1. The van der Waals surface area contributed by atoms with Crippen LogP contribution < -0.4 is 33.2 Å². The monoisotopic (exact) mass is 530 g/mol. The number of aliphatic imine (C=N–C) groups is 1. The Balaban J connectivity index is 1.91. The van der Waals surface area contributed by atoms with Crippen molar-refractivity contribution in [3.63, 3.8) is 0 Å². The topological polar surface area (TPSA) is 231 Å². The lowest BCUT2D eigenvalue weighted by molar-refractivity contribution is -0.141. The van der Waals surface area contributed by atoms with E-state index in [1.54, 1.807) is 6.20 Å². The Morgan fingerprint density at radius 2 is 1.76 bits per heavy atom. The highest BCUT2D eigenvalue weighted by molar-refractivity contribution is 5.93. The Hall–Kier alpha value is -4.13. The van der Waals surface area contributed by atoms with E-state index in [0.717, 1.165) is 16.5 Å². The van der Waals surface area contributed by atoms with Crippen molar-refractivity contribution < 1.29 is 24.3 Å². The number of hydrogen-bond acceptors (Lipinski definition) is 6. The number of rotatable bonds is 15. The van der Waals surface area contributed by atoms with Crippen LogP contribution in [0.25, 0.3) is 10.9 Å². The van der Waals surface area contributed by atoms with Gasteiger partial charge in [0.15, 0.2) is 5.96 Å². The summed E-state index contributed by atoms with van der Waals surface area (Å²) < 4.78 is 0. The molecule has 2 rings (SSSR count). The van der Waals surface area contributed by atoms with Crippen molar-refractivity contribution in [1.29, 1.82) is 0 Å². The van der Waals surface area contributed by atoms with Gasteiger partial charge in [-0.05, 0) is 36.8 Å². The molecule has 0 fully saturated rings. The molecule has 13 heteroatoms. The van der Waals surface area contributed by atoms with Gasteiger partial charge >= 0.3 is 5.97 Å². The number of nitrogens with zero attached hydrogens (tertiary/aromatic N) is 1. The Labute approximate surface area is 221 Å². The van der Waals surface area contributed by atoms with Gasteiger partial charge in [0.2, 0.25) is 17.7 Å². The highest BCUT2D eigenvalue weighted by Crippen LogP contribution is 2.19. The van der Waals surface area contributed by atoms with Gasteiger partial charge in [0.1, 0.15) is 12.1 Å². The molecule has 3 amide bonds. The van der Waals surface area contributed by atoms with Crippen LogP contribution in [0.2, 0.25) is 0 Å². The Morgan fingerprint density at radius 1 is 1.05 bits per heavy atom. The molecule has 3 unspecified atom stereocenters. The lowest BCUT2D eigenvalue weighted by Gasteiger charge is -2.22. The second-order valence-corrected chi connectivity index (χ2v) is 9.49. The first kappa shape index (κ1) is 30.1. The van der Waals surface area contributed by atoms with Crippen LogP contribution in [0.4, 0.5) is 0 Å². The molecule has 38 heavy (non-hydrogen) atoms. The van der Waals surface area contributed by atoms with Crippen molar-refractivity contribution in [2.45, 2.75) is 57.7 Å². The molecule has 1 aromatic heterocycles. The molecule has 0 saturated carbocycles. The lowest BCUT2D eigenvalue weighted by atomic mass is 10.0. The predicted molar refractivity (Wildman–Crippen MR) is 144 cm³/mol. The summed E-state index contributed by atoms with van der Waals surface area (Å²) in [6, 6.07) is 4.46. The highest BCUT2D eigenvalue weighted by Gasteiger charge is 2.26. The van der Waals surface area contributed by atoms with Crippen molar-refractivity contribution in [3.05, 3.63) is 36.0 Å². The van der Waals surface area contributed by atoms with Crippen molar-refractivity contribution >= 4 is 40.6 Å². The van der Waals surface area contributed by atoms with Gasteiger partial charge < -0.3 is 43.2 Å². The number of carboxylic acids is 1. The van der Waals surface area contributed by atoms with Crippen molar-refractivity contribution in [2.75, 3.05) is 13.1 Å². The first-order chi connectivity index (χ1) is 18.0. The Kier molecular flexibility index (Phi) is 11.5. The molecule has 0 aliphatic heterocycles. The molecule has 11 N–H and O–H groups in total. The summed E-state index contributed by atoms with van der Waals surface area (Å²) in [5.74, 6) is -2.94. The smallest absolute Gasteiger partial charge is 0.326 e. The average Bonchev–Trinajstić information content (AvgIpc) is 3.26. The van der Waals surface area contributed by atoms with Crippen LogP contribution in [-0.4, -0.2) is 71.0 Å². The fourth-order valence-electron chi connectivity index (χ4n) is 3.89. The number of carboxylic acid groups (broad SMARTS) is 1. The number of carbonyl (C=O) groups is 4. The third-order valence-corrected chi connectivity index (χ3v) is 5.80. The Bertz CT molecular complexity index is 1140. The maximum Gasteiger partial charge on any atom is 0.326 e. The number of aromatic amines is 1. The fourth-order valence-corrected chi connectivity index (χ4v) is 3.89. The minimum Gasteiger partial charge on any atom is -0.480 e. The number of amides is 3. The number of H-pyrrole nitrogens is 1. The summed E-state index contributed by atoms with van der Waals surface area (Å²) in [6.07, 6.45) is 2.88. The fraction of sp³-hybridized carbons (Fsp3) is 0.480. The van der Waals surface area contributed by atoms with Crippen molar-refractivity contribution in [3.8, 4) is 0 Å².